The van der Waals surface area contributed by atoms with Crippen LogP contribution in [0.25, 0.3) is 0 Å². The molecule has 6 heteroatoms. The van der Waals surface area contributed by atoms with E-state index < -0.39 is 0 Å². The number of ether oxygens (including phenoxy) is 1. The molecular formula is C17H18BrN3O2. The molecule has 120 valence electrons. The van der Waals surface area contributed by atoms with Gasteiger partial charge in [-0.2, -0.15) is 5.10 Å². The zero-order valence-electron chi connectivity index (χ0n) is 13.2. The third-order valence-electron chi connectivity index (χ3n) is 3.17. The number of amides is 1. The summed E-state index contributed by atoms with van der Waals surface area (Å²) in [5.74, 6) is 0.342. The topological polar surface area (TPSA) is 53.9 Å². The van der Waals surface area contributed by atoms with Gasteiger partial charge in [0.25, 0.3) is 5.91 Å². The van der Waals surface area contributed by atoms with E-state index in [9.17, 15) is 4.79 Å². The first-order valence-electron chi connectivity index (χ1n) is 6.95. The Kier molecular flexibility index (Phi) is 5.76. The van der Waals surface area contributed by atoms with Gasteiger partial charge in [0.1, 0.15) is 5.75 Å². The molecule has 0 heterocycles. The van der Waals surface area contributed by atoms with Crippen LogP contribution in [0.15, 0.2) is 52.0 Å². The van der Waals surface area contributed by atoms with Crippen LogP contribution >= 0.6 is 15.9 Å². The highest BCUT2D eigenvalue weighted by Gasteiger charge is 2.05. The SMILES string of the molecule is COc1cccc(C(=O)N/N=C\c2ccc(N(C)C)c(Br)c2)c1. The first kappa shape index (κ1) is 17.0. The van der Waals surface area contributed by atoms with Crippen LogP contribution in [0.4, 0.5) is 5.69 Å². The van der Waals surface area contributed by atoms with E-state index in [0.717, 1.165) is 15.7 Å². The fourth-order valence-electron chi connectivity index (χ4n) is 1.96. The van der Waals surface area contributed by atoms with Crippen LogP contribution < -0.4 is 15.1 Å². The zero-order chi connectivity index (χ0) is 16.8. The van der Waals surface area contributed by atoms with Crippen LogP contribution in [-0.2, 0) is 0 Å². The number of hydrogen-bond acceptors (Lipinski definition) is 4. The molecule has 0 aliphatic rings. The van der Waals surface area contributed by atoms with E-state index in [1.54, 1.807) is 37.6 Å². The quantitative estimate of drug-likeness (QED) is 0.644. The standard InChI is InChI=1S/C17H18BrN3O2/c1-21(2)16-8-7-12(9-15(16)18)11-19-20-17(22)13-5-4-6-14(10-13)23-3/h4-11H,1-3H3,(H,20,22)/b19-11-. The van der Waals surface area contributed by atoms with Crippen LogP contribution in [0.3, 0.4) is 0 Å². The van der Waals surface area contributed by atoms with Crippen molar-refractivity contribution in [2.24, 2.45) is 5.10 Å². The van der Waals surface area contributed by atoms with E-state index >= 15 is 0 Å². The monoisotopic (exact) mass is 375 g/mol. The Bertz CT molecular complexity index is 730. The largest absolute Gasteiger partial charge is 0.497 e. The van der Waals surface area contributed by atoms with E-state index in [4.69, 9.17) is 4.74 Å². The molecule has 0 bridgehead atoms. The van der Waals surface area contributed by atoms with E-state index in [-0.39, 0.29) is 5.91 Å². The summed E-state index contributed by atoms with van der Waals surface area (Å²) in [6.07, 6.45) is 1.60. The normalized spacial score (nSPS) is 10.6. The van der Waals surface area contributed by atoms with Gasteiger partial charge in [0, 0.05) is 24.1 Å². The highest BCUT2D eigenvalue weighted by Crippen LogP contribution is 2.25. The number of nitrogens with one attached hydrogen (secondary N) is 1. The molecule has 0 aliphatic heterocycles. The van der Waals surface area contributed by atoms with Crippen LogP contribution in [0.5, 0.6) is 5.75 Å². The molecule has 0 saturated heterocycles. The van der Waals surface area contributed by atoms with Gasteiger partial charge in [-0.05, 0) is 51.8 Å². The minimum absolute atomic E-state index is 0.288. The van der Waals surface area contributed by atoms with Crippen molar-refractivity contribution < 1.29 is 9.53 Å². The van der Waals surface area contributed by atoms with Gasteiger partial charge in [0.2, 0.25) is 0 Å². The Labute approximate surface area is 144 Å². The molecule has 0 atom stereocenters. The van der Waals surface area contributed by atoms with E-state index in [1.165, 1.54) is 0 Å². The van der Waals surface area contributed by atoms with Crippen molar-refractivity contribution in [1.82, 2.24) is 5.43 Å². The molecular weight excluding hydrogens is 358 g/mol. The van der Waals surface area contributed by atoms with E-state index in [2.05, 4.69) is 26.5 Å². The van der Waals surface area contributed by atoms with Gasteiger partial charge in [-0.3, -0.25) is 4.79 Å². The molecule has 23 heavy (non-hydrogen) atoms. The molecule has 0 aliphatic carbocycles. The molecule has 2 aromatic rings. The third kappa shape index (κ3) is 4.56. The van der Waals surface area contributed by atoms with Crippen molar-refractivity contribution in [1.29, 1.82) is 0 Å². The van der Waals surface area contributed by atoms with Crippen LogP contribution in [0.1, 0.15) is 15.9 Å². The molecule has 0 fully saturated rings. The number of anilines is 1. The summed E-state index contributed by atoms with van der Waals surface area (Å²) in [5.41, 5.74) is 4.95. The van der Waals surface area contributed by atoms with Crippen molar-refractivity contribution in [2.45, 2.75) is 0 Å². The maximum Gasteiger partial charge on any atom is 0.271 e. The highest BCUT2D eigenvalue weighted by molar-refractivity contribution is 9.10. The van der Waals surface area contributed by atoms with Crippen molar-refractivity contribution in [3.63, 3.8) is 0 Å². The fraction of sp³-hybridized carbons (Fsp3) is 0.176. The molecule has 0 saturated carbocycles. The average Bonchev–Trinajstić information content (AvgIpc) is 2.54. The summed E-state index contributed by atoms with van der Waals surface area (Å²) in [7, 11) is 5.51. The third-order valence-corrected chi connectivity index (χ3v) is 3.80. The van der Waals surface area contributed by atoms with Gasteiger partial charge in [-0.15, -0.1) is 0 Å². The number of hydrazone groups is 1. The number of carbonyl (C=O) groups is 1. The molecule has 0 aromatic heterocycles. The van der Waals surface area contributed by atoms with Crippen molar-refractivity contribution >= 4 is 33.7 Å². The van der Waals surface area contributed by atoms with Crippen LogP contribution in [-0.4, -0.2) is 33.3 Å². The van der Waals surface area contributed by atoms with E-state index in [0.29, 0.717) is 11.3 Å². The Balaban J connectivity index is 2.03. The highest BCUT2D eigenvalue weighted by atomic mass is 79.9. The van der Waals surface area contributed by atoms with Gasteiger partial charge in [0.05, 0.1) is 19.0 Å². The van der Waals surface area contributed by atoms with E-state index in [1.807, 2.05) is 37.2 Å². The summed E-state index contributed by atoms with van der Waals surface area (Å²) >= 11 is 3.52. The van der Waals surface area contributed by atoms with Crippen molar-refractivity contribution in [3.8, 4) is 5.75 Å². The van der Waals surface area contributed by atoms with Gasteiger partial charge in [-0.1, -0.05) is 12.1 Å². The second-order valence-electron chi connectivity index (χ2n) is 5.04. The molecule has 1 N–H and O–H groups in total. The van der Waals surface area contributed by atoms with Gasteiger partial charge in [-0.25, -0.2) is 5.43 Å². The van der Waals surface area contributed by atoms with Crippen LogP contribution in [0.2, 0.25) is 0 Å². The molecule has 0 unspecified atom stereocenters. The smallest absolute Gasteiger partial charge is 0.271 e. The fourth-order valence-corrected chi connectivity index (χ4v) is 2.71. The first-order chi connectivity index (χ1) is 11.0. The maximum absolute atomic E-state index is 12.0. The summed E-state index contributed by atoms with van der Waals surface area (Å²) in [6.45, 7) is 0. The molecule has 0 radical (unpaired) electrons. The minimum Gasteiger partial charge on any atom is -0.497 e. The Morgan fingerprint density at radius 3 is 2.70 bits per heavy atom. The van der Waals surface area contributed by atoms with Crippen LogP contribution in [0, 0.1) is 0 Å². The first-order valence-corrected chi connectivity index (χ1v) is 7.75. The van der Waals surface area contributed by atoms with Crippen molar-refractivity contribution in [3.05, 3.63) is 58.1 Å². The number of benzene rings is 2. The van der Waals surface area contributed by atoms with Crippen molar-refractivity contribution in [2.75, 3.05) is 26.1 Å². The summed E-state index contributed by atoms with van der Waals surface area (Å²) in [4.78, 5) is 14.0. The lowest BCUT2D eigenvalue weighted by molar-refractivity contribution is 0.0955. The predicted molar refractivity (Wildman–Crippen MR) is 96.5 cm³/mol. The Hall–Kier alpha value is -2.34. The number of halogens is 1. The summed E-state index contributed by atoms with van der Waals surface area (Å²) in [6, 6.07) is 12.8. The molecule has 5 nitrogen and oxygen atoms in total. The number of rotatable bonds is 5. The molecule has 2 rings (SSSR count). The Morgan fingerprint density at radius 2 is 2.04 bits per heavy atom. The molecule has 0 spiro atoms. The molecule has 2 aromatic carbocycles. The van der Waals surface area contributed by atoms with Gasteiger partial charge >= 0.3 is 0 Å². The lowest BCUT2D eigenvalue weighted by Gasteiger charge is -2.14. The van der Waals surface area contributed by atoms with Gasteiger partial charge in [0.15, 0.2) is 0 Å². The summed E-state index contributed by atoms with van der Waals surface area (Å²) < 4.78 is 6.06. The van der Waals surface area contributed by atoms with Gasteiger partial charge < -0.3 is 9.64 Å². The number of hydrogen-bond donors (Lipinski definition) is 1. The predicted octanol–water partition coefficient (Wildman–Crippen LogP) is 3.29. The average molecular weight is 376 g/mol. The lowest BCUT2D eigenvalue weighted by atomic mass is 10.2. The number of carbonyl (C=O) groups excluding carboxylic acids is 1. The lowest BCUT2D eigenvalue weighted by Crippen LogP contribution is -2.17. The maximum atomic E-state index is 12.0. The second kappa shape index (κ2) is 7.78. The zero-order valence-corrected chi connectivity index (χ0v) is 14.8. The minimum atomic E-state index is -0.288. The Morgan fingerprint density at radius 1 is 1.26 bits per heavy atom. The number of methoxy groups -OCH3 is 1. The number of nitrogens with zero attached hydrogens (tertiary/aromatic N) is 2. The molecule has 1 amide bonds. The summed E-state index contributed by atoms with van der Waals surface area (Å²) in [5, 5.41) is 3.99. The second-order valence-corrected chi connectivity index (χ2v) is 5.89.